The Labute approximate surface area is 140 Å². The number of rotatable bonds is 11. The van der Waals surface area contributed by atoms with Crippen LogP contribution in [0.1, 0.15) is 76.3 Å². The summed E-state index contributed by atoms with van der Waals surface area (Å²) in [6.07, 6.45) is 6.55. The third-order valence-electron chi connectivity index (χ3n) is 4.05. The molecule has 0 aromatic heterocycles. The number of carbonyl (C=O) groups is 2. The molecular formula is C20H30O3. The number of benzene rings is 1. The number of hydrogen-bond donors (Lipinski definition) is 1. The van der Waals surface area contributed by atoms with Gasteiger partial charge in [0.2, 0.25) is 0 Å². The first-order valence-corrected chi connectivity index (χ1v) is 8.80. The average Bonchev–Trinajstić information content (AvgIpc) is 2.48. The Morgan fingerprint density at radius 2 is 1.61 bits per heavy atom. The van der Waals surface area contributed by atoms with Crippen molar-refractivity contribution in [3.05, 3.63) is 35.4 Å². The van der Waals surface area contributed by atoms with E-state index in [1.54, 1.807) is 12.1 Å². The quantitative estimate of drug-likeness (QED) is 0.462. The Hall–Kier alpha value is -1.64. The highest BCUT2D eigenvalue weighted by molar-refractivity contribution is 6.03. The van der Waals surface area contributed by atoms with E-state index in [2.05, 4.69) is 20.8 Å². The number of Topliss-reactive ketones (excluding diaryl/α,β-unsaturated/α-hetero) is 1. The van der Waals surface area contributed by atoms with Gasteiger partial charge in [0.1, 0.15) is 5.92 Å². The predicted molar refractivity (Wildman–Crippen MR) is 93.7 cm³/mol. The van der Waals surface area contributed by atoms with Gasteiger partial charge >= 0.3 is 5.97 Å². The zero-order chi connectivity index (χ0) is 17.2. The summed E-state index contributed by atoms with van der Waals surface area (Å²) < 4.78 is 0. The van der Waals surface area contributed by atoms with E-state index in [0.717, 1.165) is 32.1 Å². The van der Waals surface area contributed by atoms with Crippen LogP contribution in [0.3, 0.4) is 0 Å². The maximum absolute atomic E-state index is 12.3. The van der Waals surface area contributed by atoms with Crippen LogP contribution in [0.25, 0.3) is 0 Å². The molecule has 1 aromatic rings. The highest BCUT2D eigenvalue weighted by atomic mass is 16.4. The topological polar surface area (TPSA) is 54.4 Å². The Kier molecular flexibility index (Phi) is 8.60. The molecule has 0 spiro atoms. The maximum atomic E-state index is 12.3. The van der Waals surface area contributed by atoms with E-state index in [1.807, 2.05) is 12.1 Å². The van der Waals surface area contributed by atoms with Gasteiger partial charge in [0.25, 0.3) is 0 Å². The summed E-state index contributed by atoms with van der Waals surface area (Å²) in [5, 5.41) is 9.43. The summed E-state index contributed by atoms with van der Waals surface area (Å²) in [5.74, 6) is -1.68. The van der Waals surface area contributed by atoms with Gasteiger partial charge in [-0.25, -0.2) is 0 Å². The minimum atomic E-state index is -1.04. The molecule has 23 heavy (non-hydrogen) atoms. The lowest BCUT2D eigenvalue weighted by molar-refractivity contribution is -0.142. The molecule has 0 amide bonds. The summed E-state index contributed by atoms with van der Waals surface area (Å²) >= 11 is 0. The first kappa shape index (κ1) is 19.4. The fourth-order valence-corrected chi connectivity index (χ4v) is 2.83. The summed E-state index contributed by atoms with van der Waals surface area (Å²) in [6.45, 7) is 6.45. The number of carbonyl (C=O) groups excluding carboxylic acids is 1. The number of unbranched alkanes of at least 4 members (excludes halogenated alkanes) is 4. The highest BCUT2D eigenvalue weighted by Crippen LogP contribution is 2.22. The first-order valence-electron chi connectivity index (χ1n) is 8.80. The van der Waals surface area contributed by atoms with E-state index in [1.165, 1.54) is 12.0 Å². The van der Waals surface area contributed by atoms with Crippen molar-refractivity contribution in [2.24, 2.45) is 5.92 Å². The minimum Gasteiger partial charge on any atom is -0.480 e. The predicted octanol–water partition coefficient (Wildman–Crippen LogP) is 4.98. The van der Waals surface area contributed by atoms with Crippen LogP contribution in [0.15, 0.2) is 24.3 Å². The summed E-state index contributed by atoms with van der Waals surface area (Å²) in [4.78, 5) is 23.8. The standard InChI is InChI=1S/C20H30O3/c1-4-5-6-7-8-9-18(21)19(20(22)23)17-12-10-16(11-13-17)14-15(2)3/h10-13,15,19H,4-9,14H2,1-3H3,(H,22,23). The van der Waals surface area contributed by atoms with Crippen molar-refractivity contribution in [2.75, 3.05) is 0 Å². The van der Waals surface area contributed by atoms with E-state index in [4.69, 9.17) is 0 Å². The molecular weight excluding hydrogens is 288 g/mol. The molecule has 1 atom stereocenters. The third-order valence-corrected chi connectivity index (χ3v) is 4.05. The van der Waals surface area contributed by atoms with E-state index in [9.17, 15) is 14.7 Å². The fourth-order valence-electron chi connectivity index (χ4n) is 2.83. The van der Waals surface area contributed by atoms with Crippen LogP contribution in [0.2, 0.25) is 0 Å². The largest absolute Gasteiger partial charge is 0.480 e. The zero-order valence-corrected chi connectivity index (χ0v) is 14.7. The van der Waals surface area contributed by atoms with E-state index in [0.29, 0.717) is 17.9 Å². The van der Waals surface area contributed by atoms with Crippen molar-refractivity contribution in [1.29, 1.82) is 0 Å². The van der Waals surface area contributed by atoms with Gasteiger partial charge in [-0.1, -0.05) is 70.7 Å². The van der Waals surface area contributed by atoms with Crippen molar-refractivity contribution in [2.45, 2.75) is 71.6 Å². The molecule has 1 unspecified atom stereocenters. The SMILES string of the molecule is CCCCCCCC(=O)C(C(=O)O)c1ccc(CC(C)C)cc1. The lowest BCUT2D eigenvalue weighted by atomic mass is 9.90. The van der Waals surface area contributed by atoms with Crippen molar-refractivity contribution in [3.8, 4) is 0 Å². The third kappa shape index (κ3) is 6.98. The van der Waals surface area contributed by atoms with Gasteiger partial charge in [-0.05, 0) is 29.9 Å². The second kappa shape index (κ2) is 10.2. The number of aliphatic carboxylic acids is 1. The van der Waals surface area contributed by atoms with Crippen molar-refractivity contribution in [1.82, 2.24) is 0 Å². The molecule has 1 N–H and O–H groups in total. The molecule has 0 aliphatic carbocycles. The van der Waals surface area contributed by atoms with Crippen molar-refractivity contribution in [3.63, 3.8) is 0 Å². The van der Waals surface area contributed by atoms with Gasteiger partial charge in [0, 0.05) is 6.42 Å². The molecule has 0 bridgehead atoms. The molecule has 0 fully saturated rings. The Balaban J connectivity index is 2.66. The fraction of sp³-hybridized carbons (Fsp3) is 0.600. The number of carboxylic acid groups (broad SMARTS) is 1. The van der Waals surface area contributed by atoms with Gasteiger partial charge in [0.15, 0.2) is 5.78 Å². The van der Waals surface area contributed by atoms with Crippen LogP contribution in [-0.4, -0.2) is 16.9 Å². The van der Waals surface area contributed by atoms with Crippen LogP contribution >= 0.6 is 0 Å². The minimum absolute atomic E-state index is 0.175. The van der Waals surface area contributed by atoms with Gasteiger partial charge in [-0.2, -0.15) is 0 Å². The molecule has 3 nitrogen and oxygen atoms in total. The number of hydrogen-bond acceptors (Lipinski definition) is 2. The Morgan fingerprint density at radius 1 is 1.00 bits per heavy atom. The Bertz CT molecular complexity index is 488. The number of carboxylic acids is 1. The van der Waals surface area contributed by atoms with Gasteiger partial charge in [-0.3, -0.25) is 9.59 Å². The molecule has 0 heterocycles. The smallest absolute Gasteiger partial charge is 0.318 e. The lowest BCUT2D eigenvalue weighted by Crippen LogP contribution is -2.21. The lowest BCUT2D eigenvalue weighted by Gasteiger charge is -2.13. The summed E-state index contributed by atoms with van der Waals surface area (Å²) in [7, 11) is 0. The first-order chi connectivity index (χ1) is 11.0. The van der Waals surface area contributed by atoms with E-state index < -0.39 is 11.9 Å². The molecule has 0 aliphatic heterocycles. The van der Waals surface area contributed by atoms with Crippen LogP contribution in [0, 0.1) is 5.92 Å². The second-order valence-corrected chi connectivity index (χ2v) is 6.74. The normalized spacial score (nSPS) is 12.3. The molecule has 1 rings (SSSR count). The number of ketones is 1. The second-order valence-electron chi connectivity index (χ2n) is 6.74. The Morgan fingerprint density at radius 3 is 2.13 bits per heavy atom. The van der Waals surface area contributed by atoms with Crippen LogP contribution in [0.4, 0.5) is 0 Å². The average molecular weight is 318 g/mol. The maximum Gasteiger partial charge on any atom is 0.318 e. The van der Waals surface area contributed by atoms with E-state index >= 15 is 0 Å². The van der Waals surface area contributed by atoms with Crippen molar-refractivity contribution < 1.29 is 14.7 Å². The van der Waals surface area contributed by atoms with E-state index in [-0.39, 0.29) is 5.78 Å². The molecule has 0 saturated carbocycles. The van der Waals surface area contributed by atoms with Crippen LogP contribution < -0.4 is 0 Å². The molecule has 3 heteroatoms. The van der Waals surface area contributed by atoms with Gasteiger partial charge in [0.05, 0.1) is 0 Å². The molecule has 0 radical (unpaired) electrons. The van der Waals surface area contributed by atoms with Crippen LogP contribution in [0.5, 0.6) is 0 Å². The molecule has 0 saturated heterocycles. The molecule has 0 aliphatic rings. The molecule has 1 aromatic carbocycles. The van der Waals surface area contributed by atoms with Crippen LogP contribution in [-0.2, 0) is 16.0 Å². The van der Waals surface area contributed by atoms with Gasteiger partial charge < -0.3 is 5.11 Å². The monoisotopic (exact) mass is 318 g/mol. The zero-order valence-electron chi connectivity index (χ0n) is 14.7. The van der Waals surface area contributed by atoms with Crippen molar-refractivity contribution >= 4 is 11.8 Å². The highest BCUT2D eigenvalue weighted by Gasteiger charge is 2.27. The summed E-state index contributed by atoms with van der Waals surface area (Å²) in [6, 6.07) is 7.48. The molecule has 128 valence electrons. The summed E-state index contributed by atoms with van der Waals surface area (Å²) in [5.41, 5.74) is 1.78. The van der Waals surface area contributed by atoms with Gasteiger partial charge in [-0.15, -0.1) is 0 Å².